The SMILES string of the molecule is COc1ccc2c(c1Br)CN(CC(F)F)CC2. The average Bonchev–Trinajstić information content (AvgIpc) is 2.29. The van der Waals surface area contributed by atoms with Gasteiger partial charge in [-0.2, -0.15) is 0 Å². The van der Waals surface area contributed by atoms with Crippen LogP contribution < -0.4 is 4.74 Å². The van der Waals surface area contributed by atoms with Crippen molar-refractivity contribution in [3.05, 3.63) is 27.7 Å². The molecule has 94 valence electrons. The van der Waals surface area contributed by atoms with E-state index >= 15 is 0 Å². The van der Waals surface area contributed by atoms with Crippen LogP contribution in [-0.4, -0.2) is 31.5 Å². The van der Waals surface area contributed by atoms with Gasteiger partial charge in [-0.3, -0.25) is 4.90 Å². The van der Waals surface area contributed by atoms with Gasteiger partial charge < -0.3 is 4.74 Å². The fourth-order valence-corrected chi connectivity index (χ4v) is 2.81. The molecular formula is C12H14BrF2NO. The van der Waals surface area contributed by atoms with Crippen molar-refractivity contribution in [2.45, 2.75) is 19.4 Å². The number of halogens is 3. The zero-order valence-electron chi connectivity index (χ0n) is 9.55. The summed E-state index contributed by atoms with van der Waals surface area (Å²) in [7, 11) is 1.60. The maximum Gasteiger partial charge on any atom is 0.251 e. The summed E-state index contributed by atoms with van der Waals surface area (Å²) in [5, 5.41) is 0. The highest BCUT2D eigenvalue weighted by atomic mass is 79.9. The smallest absolute Gasteiger partial charge is 0.251 e. The molecular weight excluding hydrogens is 292 g/mol. The predicted molar refractivity (Wildman–Crippen MR) is 65.7 cm³/mol. The van der Waals surface area contributed by atoms with Crippen molar-refractivity contribution < 1.29 is 13.5 Å². The van der Waals surface area contributed by atoms with Crippen LogP contribution in [0.2, 0.25) is 0 Å². The second-order valence-corrected chi connectivity index (χ2v) is 4.89. The topological polar surface area (TPSA) is 12.5 Å². The lowest BCUT2D eigenvalue weighted by Gasteiger charge is -2.29. The number of methoxy groups -OCH3 is 1. The third-order valence-electron chi connectivity index (χ3n) is 3.00. The quantitative estimate of drug-likeness (QED) is 0.851. The summed E-state index contributed by atoms with van der Waals surface area (Å²) >= 11 is 3.48. The van der Waals surface area contributed by atoms with Gasteiger partial charge in [-0.1, -0.05) is 6.07 Å². The zero-order chi connectivity index (χ0) is 12.4. The minimum absolute atomic E-state index is 0.164. The number of rotatable bonds is 3. The van der Waals surface area contributed by atoms with Gasteiger partial charge in [-0.25, -0.2) is 8.78 Å². The second-order valence-electron chi connectivity index (χ2n) is 4.10. The molecule has 0 unspecified atom stereocenters. The van der Waals surface area contributed by atoms with Gasteiger partial charge in [0.25, 0.3) is 6.43 Å². The molecule has 0 saturated heterocycles. The highest BCUT2D eigenvalue weighted by molar-refractivity contribution is 9.10. The minimum atomic E-state index is -2.28. The van der Waals surface area contributed by atoms with Crippen molar-refractivity contribution >= 4 is 15.9 Å². The van der Waals surface area contributed by atoms with Crippen LogP contribution in [-0.2, 0) is 13.0 Å². The molecule has 0 radical (unpaired) electrons. The number of ether oxygens (including phenoxy) is 1. The number of hydrogen-bond donors (Lipinski definition) is 0. The van der Waals surface area contributed by atoms with Gasteiger partial charge in [0, 0.05) is 13.1 Å². The molecule has 1 aromatic rings. The molecule has 0 aromatic heterocycles. The first-order valence-corrected chi connectivity index (χ1v) is 6.26. The highest BCUT2D eigenvalue weighted by Crippen LogP contribution is 2.34. The van der Waals surface area contributed by atoms with Gasteiger partial charge >= 0.3 is 0 Å². The molecule has 1 aliphatic heterocycles. The molecule has 0 bridgehead atoms. The molecule has 0 amide bonds. The summed E-state index contributed by atoms with van der Waals surface area (Å²) in [5.41, 5.74) is 2.28. The standard InChI is InChI=1S/C12H14BrF2NO/c1-17-10-3-2-8-4-5-16(7-11(14)15)6-9(8)12(10)13/h2-3,11H,4-7H2,1H3. The van der Waals surface area contributed by atoms with E-state index in [0.29, 0.717) is 13.1 Å². The Morgan fingerprint density at radius 3 is 2.88 bits per heavy atom. The van der Waals surface area contributed by atoms with E-state index in [2.05, 4.69) is 15.9 Å². The summed E-state index contributed by atoms with van der Waals surface area (Å²) in [4.78, 5) is 1.78. The summed E-state index contributed by atoms with van der Waals surface area (Å²) in [6.07, 6.45) is -1.47. The number of hydrogen-bond acceptors (Lipinski definition) is 2. The van der Waals surface area contributed by atoms with Crippen molar-refractivity contribution in [3.63, 3.8) is 0 Å². The molecule has 0 aliphatic carbocycles. The monoisotopic (exact) mass is 305 g/mol. The van der Waals surface area contributed by atoms with E-state index in [-0.39, 0.29) is 6.54 Å². The molecule has 0 atom stereocenters. The van der Waals surface area contributed by atoms with Crippen LogP contribution >= 0.6 is 15.9 Å². The maximum atomic E-state index is 12.4. The molecule has 0 N–H and O–H groups in total. The van der Waals surface area contributed by atoms with Crippen LogP contribution in [0.3, 0.4) is 0 Å². The Morgan fingerprint density at radius 2 is 2.24 bits per heavy atom. The Kier molecular flexibility index (Phi) is 3.99. The molecule has 0 spiro atoms. The fourth-order valence-electron chi connectivity index (χ4n) is 2.13. The van der Waals surface area contributed by atoms with Crippen molar-refractivity contribution in [3.8, 4) is 5.75 Å². The Labute approximate surface area is 108 Å². The fraction of sp³-hybridized carbons (Fsp3) is 0.500. The third-order valence-corrected chi connectivity index (χ3v) is 3.87. The summed E-state index contributed by atoms with van der Waals surface area (Å²) in [6, 6.07) is 3.92. The van der Waals surface area contributed by atoms with Crippen LogP contribution in [0.25, 0.3) is 0 Å². The Balaban J connectivity index is 2.23. The first kappa shape index (κ1) is 12.8. The first-order valence-electron chi connectivity index (χ1n) is 5.46. The van der Waals surface area contributed by atoms with Crippen LogP contribution in [0.1, 0.15) is 11.1 Å². The van der Waals surface area contributed by atoms with Gasteiger partial charge in [0.15, 0.2) is 0 Å². The maximum absolute atomic E-state index is 12.4. The number of nitrogens with zero attached hydrogens (tertiary/aromatic N) is 1. The molecule has 1 aliphatic rings. The lowest BCUT2D eigenvalue weighted by atomic mass is 9.99. The summed E-state index contributed by atoms with van der Waals surface area (Å²) in [5.74, 6) is 0.752. The molecule has 1 heterocycles. The molecule has 5 heteroatoms. The second kappa shape index (κ2) is 5.31. The van der Waals surface area contributed by atoms with E-state index in [1.807, 2.05) is 12.1 Å². The van der Waals surface area contributed by atoms with Crippen molar-refractivity contribution in [1.29, 1.82) is 0 Å². The van der Waals surface area contributed by atoms with E-state index in [4.69, 9.17) is 4.74 Å². The Morgan fingerprint density at radius 1 is 1.47 bits per heavy atom. The molecule has 17 heavy (non-hydrogen) atoms. The van der Waals surface area contributed by atoms with Crippen molar-refractivity contribution in [2.24, 2.45) is 0 Å². The lowest BCUT2D eigenvalue weighted by molar-refractivity contribution is 0.0819. The van der Waals surface area contributed by atoms with E-state index in [0.717, 1.165) is 22.2 Å². The normalized spacial score (nSPS) is 16.1. The van der Waals surface area contributed by atoms with Gasteiger partial charge in [0.2, 0.25) is 0 Å². The van der Waals surface area contributed by atoms with Crippen LogP contribution in [0.5, 0.6) is 5.75 Å². The van der Waals surface area contributed by atoms with E-state index in [1.165, 1.54) is 5.56 Å². The average molecular weight is 306 g/mol. The van der Waals surface area contributed by atoms with Crippen LogP contribution in [0, 0.1) is 0 Å². The van der Waals surface area contributed by atoms with E-state index < -0.39 is 6.43 Å². The molecule has 0 saturated carbocycles. The van der Waals surface area contributed by atoms with E-state index in [1.54, 1.807) is 12.0 Å². The number of benzene rings is 1. The predicted octanol–water partition coefficient (Wildman–Crippen LogP) is 3.08. The first-order chi connectivity index (χ1) is 8.11. The number of fused-ring (bicyclic) bond motifs is 1. The molecule has 2 nitrogen and oxygen atoms in total. The van der Waals surface area contributed by atoms with Gasteiger partial charge in [-0.05, 0) is 39.5 Å². The van der Waals surface area contributed by atoms with Crippen LogP contribution in [0.15, 0.2) is 16.6 Å². The number of alkyl halides is 2. The Hall–Kier alpha value is -0.680. The highest BCUT2D eigenvalue weighted by Gasteiger charge is 2.22. The van der Waals surface area contributed by atoms with Crippen molar-refractivity contribution in [2.75, 3.05) is 20.2 Å². The molecule has 2 rings (SSSR count). The molecule has 0 fully saturated rings. The summed E-state index contributed by atoms with van der Waals surface area (Å²) < 4.78 is 30.8. The Bertz CT molecular complexity index is 412. The van der Waals surface area contributed by atoms with Crippen molar-refractivity contribution in [1.82, 2.24) is 4.90 Å². The van der Waals surface area contributed by atoms with Gasteiger partial charge in [-0.15, -0.1) is 0 Å². The third kappa shape index (κ3) is 2.77. The largest absolute Gasteiger partial charge is 0.496 e. The zero-order valence-corrected chi connectivity index (χ0v) is 11.1. The van der Waals surface area contributed by atoms with E-state index in [9.17, 15) is 8.78 Å². The van der Waals surface area contributed by atoms with Gasteiger partial charge in [0.1, 0.15) is 5.75 Å². The minimum Gasteiger partial charge on any atom is -0.496 e. The van der Waals surface area contributed by atoms with Crippen LogP contribution in [0.4, 0.5) is 8.78 Å². The van der Waals surface area contributed by atoms with Gasteiger partial charge in [0.05, 0.1) is 18.1 Å². The summed E-state index contributed by atoms with van der Waals surface area (Å²) in [6.45, 7) is 1.08. The molecule has 1 aromatic carbocycles. The lowest BCUT2D eigenvalue weighted by Crippen LogP contribution is -2.34.